The van der Waals surface area contributed by atoms with Crippen molar-refractivity contribution in [2.45, 2.75) is 49.6 Å². The van der Waals surface area contributed by atoms with Crippen LogP contribution in [0.4, 0.5) is 0 Å². The number of amides is 1. The van der Waals surface area contributed by atoms with Crippen LogP contribution in [0.2, 0.25) is 0 Å². The van der Waals surface area contributed by atoms with Gasteiger partial charge < -0.3 is 50.6 Å². The summed E-state index contributed by atoms with van der Waals surface area (Å²) < 4.78 is 4.56. The second-order valence-corrected chi connectivity index (χ2v) is 5.52. The molecule has 0 fully saturated rings. The molecule has 8 N–H and O–H groups in total. The van der Waals surface area contributed by atoms with E-state index in [9.17, 15) is 39.6 Å². The fourth-order valence-electron chi connectivity index (χ4n) is 1.89. The first-order valence-corrected chi connectivity index (χ1v) is 7.61. The van der Waals surface area contributed by atoms with Gasteiger partial charge in [-0.1, -0.05) is 0 Å². The number of rotatable bonds is 12. The van der Waals surface area contributed by atoms with Gasteiger partial charge in [0.2, 0.25) is 5.91 Å². The van der Waals surface area contributed by atoms with Gasteiger partial charge in [-0.05, 0) is 0 Å². The molecule has 156 valence electrons. The third kappa shape index (κ3) is 7.26. The summed E-state index contributed by atoms with van der Waals surface area (Å²) in [5.74, 6) is -4.50. The minimum absolute atomic E-state index is 0.0257. The maximum absolute atomic E-state index is 11.9. The zero-order chi connectivity index (χ0) is 21.3. The van der Waals surface area contributed by atoms with E-state index in [0.29, 0.717) is 0 Å². The van der Waals surface area contributed by atoms with Gasteiger partial charge in [-0.15, -0.1) is 0 Å². The molecule has 0 aromatic rings. The minimum Gasteiger partial charge on any atom is -0.451 e. The first kappa shape index (κ1) is 25.0. The molecule has 0 aliphatic heterocycles. The van der Waals surface area contributed by atoms with Crippen LogP contribution in [0.15, 0.2) is 0 Å². The molecular weight excluding hydrogens is 374 g/mol. The number of nitrogens with one attached hydrogen (secondary N) is 1. The Hall–Kier alpha value is -2.00. The first-order chi connectivity index (χ1) is 12.5. The summed E-state index contributed by atoms with van der Waals surface area (Å²) in [5, 5.41) is 67.0. The van der Waals surface area contributed by atoms with Crippen LogP contribution in [0, 0.1) is 0 Å². The predicted molar refractivity (Wildman–Crippen MR) is 82.8 cm³/mol. The normalized spacial score (nSPS) is 19.0. The Morgan fingerprint density at radius 3 is 1.85 bits per heavy atom. The Labute approximate surface area is 152 Å². The van der Waals surface area contributed by atoms with Crippen molar-refractivity contribution in [2.75, 3.05) is 13.2 Å². The number of hydrogen-bond donors (Lipinski definition) is 8. The topological polar surface area (TPSA) is 231 Å². The Balaban J connectivity index is 5.45. The number of ether oxygens (including phenoxy) is 1. The molecule has 0 aliphatic rings. The van der Waals surface area contributed by atoms with Crippen molar-refractivity contribution in [2.24, 2.45) is 0 Å². The second kappa shape index (κ2) is 11.7. The molecule has 0 unspecified atom stereocenters. The number of Topliss-reactive ketones (excluding diaryl/α,β-unsaturated/α-hetero) is 1. The van der Waals surface area contributed by atoms with Crippen molar-refractivity contribution in [3.63, 3.8) is 0 Å². The van der Waals surface area contributed by atoms with Gasteiger partial charge in [-0.2, -0.15) is 0 Å². The average Bonchev–Trinajstić information content (AvgIpc) is 2.66. The van der Waals surface area contributed by atoms with Gasteiger partial charge >= 0.3 is 5.97 Å². The standard InChI is InChI=1S/C14H23NO12/c1-5(19)15-6(2-16)13(10(23)8(21)4-18)27-14(26)12(25)11(24)9(22)7(20)3-17/h2,6-11,13,17-18,20-24H,3-4H2,1H3,(H,15,19)/t6-,7-,8+,9+,10-,11-,13+/m0/s1. The molecule has 0 radical (unpaired) electrons. The van der Waals surface area contributed by atoms with E-state index in [-0.39, 0.29) is 6.29 Å². The van der Waals surface area contributed by atoms with Gasteiger partial charge in [-0.25, -0.2) is 4.79 Å². The predicted octanol–water partition coefficient (Wildman–Crippen LogP) is -6.04. The SMILES string of the molecule is CC(=O)N[C@@H](C=O)[C@@H](OC(=O)C(=O)[C@@H](O)[C@H](O)[C@@H](O)CO)[C@@H](O)[C@H](O)CO. The summed E-state index contributed by atoms with van der Waals surface area (Å²) in [4.78, 5) is 45.9. The van der Waals surface area contributed by atoms with Gasteiger partial charge in [0.15, 0.2) is 12.2 Å². The first-order valence-electron chi connectivity index (χ1n) is 7.61. The number of carbonyl (C=O) groups is 4. The lowest BCUT2D eigenvalue weighted by Gasteiger charge is -2.30. The van der Waals surface area contributed by atoms with Gasteiger partial charge in [0.05, 0.1) is 13.2 Å². The molecule has 0 spiro atoms. The molecule has 0 saturated heterocycles. The average molecular weight is 397 g/mol. The molecule has 1 amide bonds. The van der Waals surface area contributed by atoms with Crippen LogP contribution in [0.25, 0.3) is 0 Å². The lowest BCUT2D eigenvalue weighted by Crippen LogP contribution is -2.56. The third-order valence-electron chi connectivity index (χ3n) is 3.41. The quantitative estimate of drug-likeness (QED) is 0.0873. The zero-order valence-electron chi connectivity index (χ0n) is 14.2. The van der Waals surface area contributed by atoms with E-state index in [4.69, 9.17) is 15.3 Å². The van der Waals surface area contributed by atoms with Crippen LogP contribution in [0.5, 0.6) is 0 Å². The summed E-state index contributed by atoms with van der Waals surface area (Å²) in [6, 6.07) is -1.74. The number of aliphatic hydroxyl groups excluding tert-OH is 7. The Morgan fingerprint density at radius 2 is 1.44 bits per heavy atom. The van der Waals surface area contributed by atoms with Crippen LogP contribution >= 0.6 is 0 Å². The van der Waals surface area contributed by atoms with E-state index >= 15 is 0 Å². The molecule has 0 saturated carbocycles. The smallest absolute Gasteiger partial charge is 0.378 e. The molecule has 13 nitrogen and oxygen atoms in total. The van der Waals surface area contributed by atoms with Crippen molar-refractivity contribution in [3.8, 4) is 0 Å². The summed E-state index contributed by atoms with van der Waals surface area (Å²) in [5.41, 5.74) is 0. The van der Waals surface area contributed by atoms with Crippen LogP contribution < -0.4 is 5.32 Å². The zero-order valence-corrected chi connectivity index (χ0v) is 14.2. The van der Waals surface area contributed by atoms with E-state index in [0.717, 1.165) is 6.92 Å². The minimum atomic E-state index is -2.52. The van der Waals surface area contributed by atoms with E-state index in [1.54, 1.807) is 0 Å². The van der Waals surface area contributed by atoms with Crippen LogP contribution in [0.1, 0.15) is 6.92 Å². The van der Waals surface area contributed by atoms with Gasteiger partial charge in [0.25, 0.3) is 5.78 Å². The molecule has 0 bridgehead atoms. The highest BCUT2D eigenvalue weighted by atomic mass is 16.6. The highest BCUT2D eigenvalue weighted by Gasteiger charge is 2.40. The number of carbonyl (C=O) groups excluding carboxylic acids is 4. The van der Waals surface area contributed by atoms with Gasteiger partial charge in [0.1, 0.15) is 36.7 Å². The number of esters is 1. The molecule has 27 heavy (non-hydrogen) atoms. The number of aldehydes is 1. The molecule has 7 atom stereocenters. The molecule has 0 heterocycles. The molecule has 0 aromatic carbocycles. The summed E-state index contributed by atoms with van der Waals surface area (Å²) in [7, 11) is 0. The van der Waals surface area contributed by atoms with Crippen molar-refractivity contribution in [1.82, 2.24) is 5.32 Å². The summed E-state index contributed by atoms with van der Waals surface area (Å²) in [6.45, 7) is -1.09. The van der Waals surface area contributed by atoms with E-state index in [1.165, 1.54) is 0 Å². The summed E-state index contributed by atoms with van der Waals surface area (Å²) >= 11 is 0. The van der Waals surface area contributed by atoms with Gasteiger partial charge in [0, 0.05) is 6.92 Å². The number of aliphatic hydroxyl groups is 7. The Bertz CT molecular complexity index is 526. The molecule has 13 heteroatoms. The fraction of sp³-hybridized carbons (Fsp3) is 0.714. The van der Waals surface area contributed by atoms with Crippen LogP contribution in [-0.4, -0.2) is 116 Å². The van der Waals surface area contributed by atoms with Crippen molar-refractivity contribution in [1.29, 1.82) is 0 Å². The second-order valence-electron chi connectivity index (χ2n) is 5.52. The Morgan fingerprint density at radius 1 is 0.963 bits per heavy atom. The van der Waals surface area contributed by atoms with E-state index in [2.05, 4.69) is 4.74 Å². The van der Waals surface area contributed by atoms with Crippen molar-refractivity contribution < 1.29 is 59.7 Å². The molecule has 0 aliphatic carbocycles. The number of ketones is 1. The van der Waals surface area contributed by atoms with Crippen LogP contribution in [-0.2, 0) is 23.9 Å². The van der Waals surface area contributed by atoms with Gasteiger partial charge in [-0.3, -0.25) is 9.59 Å². The lowest BCUT2D eigenvalue weighted by atomic mass is 10.0. The van der Waals surface area contributed by atoms with Crippen molar-refractivity contribution in [3.05, 3.63) is 0 Å². The highest BCUT2D eigenvalue weighted by molar-refractivity contribution is 6.35. The summed E-state index contributed by atoms with van der Waals surface area (Å²) in [6.07, 6.45) is -12.8. The van der Waals surface area contributed by atoms with Crippen molar-refractivity contribution >= 4 is 23.9 Å². The monoisotopic (exact) mass is 397 g/mol. The number of hydrogen-bond acceptors (Lipinski definition) is 12. The highest BCUT2D eigenvalue weighted by Crippen LogP contribution is 2.11. The maximum atomic E-state index is 11.9. The van der Waals surface area contributed by atoms with E-state index in [1.807, 2.05) is 5.32 Å². The fourth-order valence-corrected chi connectivity index (χ4v) is 1.89. The Kier molecular flexibility index (Phi) is 10.8. The molecule has 0 rings (SSSR count). The molecular formula is C14H23NO12. The lowest BCUT2D eigenvalue weighted by molar-refractivity contribution is -0.176. The van der Waals surface area contributed by atoms with Crippen LogP contribution in [0.3, 0.4) is 0 Å². The largest absolute Gasteiger partial charge is 0.451 e. The third-order valence-corrected chi connectivity index (χ3v) is 3.41. The van der Waals surface area contributed by atoms with E-state index < -0.39 is 73.5 Å². The molecule has 0 aromatic heterocycles. The maximum Gasteiger partial charge on any atom is 0.378 e.